The Morgan fingerprint density at radius 2 is 0.836 bits per heavy atom. The highest BCUT2D eigenvalue weighted by Crippen LogP contribution is 2.49. The Morgan fingerprint density at radius 3 is 1.29 bits per heavy atom. The van der Waals surface area contributed by atoms with Crippen LogP contribution in [0.4, 0.5) is 24.5 Å². The fraction of sp³-hybridized carbons (Fsp3) is 0.765. The molecule has 4 rings (SSSR count). The molecule has 18 nitrogen and oxygen atoms in total. The van der Waals surface area contributed by atoms with Crippen LogP contribution < -0.4 is 4.90 Å². The number of nitrogens with zero attached hydrogens (tertiary/aromatic N) is 3. The van der Waals surface area contributed by atoms with Crippen molar-refractivity contribution >= 4 is 23.1 Å². The summed E-state index contributed by atoms with van der Waals surface area (Å²) in [6.07, 6.45) is -4.09. The van der Waals surface area contributed by atoms with E-state index in [1.54, 1.807) is 34.5 Å². The van der Waals surface area contributed by atoms with Crippen LogP contribution in [-0.2, 0) is 77.2 Å². The molecule has 0 amide bonds. The number of fused-ring (bicyclic) bond motifs is 2. The summed E-state index contributed by atoms with van der Waals surface area (Å²) in [5.74, 6) is 0. The number of ether oxygens (including phenoxy) is 15. The molecule has 22 heteroatoms. The lowest BCUT2D eigenvalue weighted by molar-refractivity contribution is -0.137. The summed E-state index contributed by atoms with van der Waals surface area (Å²) in [6.45, 7) is 16.8. The average molecular weight is 1070 g/mol. The third-order valence-electron chi connectivity index (χ3n) is 11.7. The Balaban J connectivity index is 0.827. The summed E-state index contributed by atoms with van der Waals surface area (Å²) in [5.41, 5.74) is 0.976. The maximum Gasteiger partial charge on any atom is 0.416 e. The number of hydrogen-bond donors (Lipinski definition) is 0. The van der Waals surface area contributed by atoms with Crippen molar-refractivity contribution in [1.82, 2.24) is 9.80 Å². The number of benzene rings is 2. The van der Waals surface area contributed by atoms with E-state index in [1.165, 1.54) is 23.9 Å². The molecule has 2 heterocycles. The van der Waals surface area contributed by atoms with Crippen LogP contribution in [-0.4, -0.2) is 254 Å². The van der Waals surface area contributed by atoms with Gasteiger partial charge in [-0.2, -0.15) is 13.2 Å². The third-order valence-corrected chi connectivity index (χ3v) is 12.8. The van der Waals surface area contributed by atoms with E-state index in [2.05, 4.69) is 14.7 Å². The highest BCUT2D eigenvalue weighted by molar-refractivity contribution is 7.99. The summed E-state index contributed by atoms with van der Waals surface area (Å²) in [7, 11) is 6.48. The molecule has 1 fully saturated rings. The van der Waals surface area contributed by atoms with E-state index >= 15 is 0 Å². The van der Waals surface area contributed by atoms with Crippen molar-refractivity contribution in [1.29, 1.82) is 0 Å². The quantitative estimate of drug-likeness (QED) is 0.0801. The molecule has 0 saturated carbocycles. The monoisotopic (exact) mass is 1070 g/mol. The van der Waals surface area contributed by atoms with Crippen molar-refractivity contribution in [3.8, 4) is 0 Å². The second-order valence-corrected chi connectivity index (χ2v) is 18.1. The van der Waals surface area contributed by atoms with Crippen molar-refractivity contribution in [3.63, 3.8) is 0 Å². The summed E-state index contributed by atoms with van der Waals surface area (Å²) >= 11 is 1.52. The lowest BCUT2D eigenvalue weighted by Crippen LogP contribution is -2.47. The van der Waals surface area contributed by atoms with Gasteiger partial charge >= 0.3 is 6.18 Å². The molecular weight excluding hydrogens is 984 g/mol. The van der Waals surface area contributed by atoms with Gasteiger partial charge in [0.1, 0.15) is 18.3 Å². The molecular formula is C51H84F3N3O15S. The van der Waals surface area contributed by atoms with E-state index < -0.39 is 11.7 Å². The van der Waals surface area contributed by atoms with Crippen LogP contribution in [0.3, 0.4) is 0 Å². The zero-order chi connectivity index (χ0) is 52.0. The van der Waals surface area contributed by atoms with Gasteiger partial charge in [-0.1, -0.05) is 23.9 Å². The van der Waals surface area contributed by atoms with E-state index in [9.17, 15) is 13.2 Å². The van der Waals surface area contributed by atoms with Crippen LogP contribution in [0.25, 0.3) is 0 Å². The van der Waals surface area contributed by atoms with Crippen LogP contribution in [0.2, 0.25) is 0 Å². The Morgan fingerprint density at radius 1 is 0.438 bits per heavy atom. The first kappa shape index (κ1) is 63.2. The maximum absolute atomic E-state index is 13.6. The van der Waals surface area contributed by atoms with Gasteiger partial charge < -0.3 is 80.9 Å². The lowest BCUT2D eigenvalue weighted by Gasteiger charge is -2.36. The van der Waals surface area contributed by atoms with Gasteiger partial charge in [0.15, 0.2) is 0 Å². The minimum absolute atomic E-state index is 0.129. The van der Waals surface area contributed by atoms with Gasteiger partial charge in [-0.05, 0) is 43.3 Å². The summed E-state index contributed by atoms with van der Waals surface area (Å²) < 4.78 is 124. The molecule has 0 aliphatic carbocycles. The van der Waals surface area contributed by atoms with Crippen molar-refractivity contribution in [2.45, 2.75) is 40.7 Å². The number of alkyl halides is 3. The molecule has 0 N–H and O–H groups in total. The van der Waals surface area contributed by atoms with Gasteiger partial charge in [0.25, 0.3) is 0 Å². The molecule has 420 valence electrons. The van der Waals surface area contributed by atoms with Gasteiger partial charge in [0.05, 0.1) is 169 Å². The van der Waals surface area contributed by atoms with Crippen molar-refractivity contribution in [2.24, 2.45) is 0 Å². The molecule has 2 aromatic rings. The van der Waals surface area contributed by atoms with Crippen LogP contribution in [0.5, 0.6) is 0 Å². The highest BCUT2D eigenvalue weighted by Gasteiger charge is 2.33. The molecule has 0 radical (unpaired) electrons. The lowest BCUT2D eigenvalue weighted by atomic mass is 10.1. The largest absolute Gasteiger partial charge is 0.416 e. The zero-order valence-electron chi connectivity index (χ0n) is 43.7. The molecule has 2 aliphatic rings. The fourth-order valence-corrected chi connectivity index (χ4v) is 8.58. The molecule has 0 spiro atoms. The first-order chi connectivity index (χ1) is 35.7. The van der Waals surface area contributed by atoms with E-state index in [-0.39, 0.29) is 18.3 Å². The first-order valence-corrected chi connectivity index (χ1v) is 26.2. The smallest absolute Gasteiger partial charge is 0.382 e. The van der Waals surface area contributed by atoms with E-state index in [0.717, 1.165) is 61.2 Å². The second-order valence-electron chi connectivity index (χ2n) is 17.0. The molecule has 3 unspecified atom stereocenters. The van der Waals surface area contributed by atoms with Crippen molar-refractivity contribution in [2.75, 3.05) is 231 Å². The topological polar surface area (TPSA) is 148 Å². The molecule has 2 aromatic carbocycles. The number of halogens is 3. The number of rotatable bonds is 46. The fourth-order valence-electron chi connectivity index (χ4n) is 7.50. The standard InChI is InChI=1S/C51H84F3N3O15S/c1-58-37-44(59-2)39-71-41-46(61-4)42-72-40-45(60-3)38-70-35-34-69-33-32-68-31-30-67-29-28-66-27-26-65-25-24-64-23-22-63-21-20-62-19-18-56-16-14-55(15-17-56)12-7-13-57-47-8-5-6-9-49(47)73-50-11-10-43(36-48(50)57)51(52,53)54/h5-6,8-11,36,44-46H,7,12-35,37-42H2,1-4H3. The Hall–Kier alpha value is -2.30. The minimum atomic E-state index is -4.38. The number of methoxy groups -OCH3 is 4. The van der Waals surface area contributed by atoms with Gasteiger partial charge in [-0.25, -0.2) is 0 Å². The predicted molar refractivity (Wildman–Crippen MR) is 270 cm³/mol. The second kappa shape index (κ2) is 40.0. The number of anilines is 2. The molecule has 0 aromatic heterocycles. The van der Waals surface area contributed by atoms with E-state index in [1.807, 2.05) is 24.3 Å². The Kier molecular flexibility index (Phi) is 34.6. The maximum atomic E-state index is 13.6. The highest BCUT2D eigenvalue weighted by atomic mass is 32.2. The Labute approximate surface area is 435 Å². The van der Waals surface area contributed by atoms with Gasteiger partial charge in [-0.3, -0.25) is 4.90 Å². The predicted octanol–water partition coefficient (Wildman–Crippen LogP) is 5.19. The number of para-hydroxylation sites is 1. The average Bonchev–Trinajstić information content (AvgIpc) is 3.40. The van der Waals surface area contributed by atoms with Crippen LogP contribution in [0, 0.1) is 0 Å². The number of hydrogen-bond acceptors (Lipinski definition) is 19. The first-order valence-electron chi connectivity index (χ1n) is 25.4. The van der Waals surface area contributed by atoms with Gasteiger partial charge in [0, 0.05) is 77.5 Å². The van der Waals surface area contributed by atoms with Crippen LogP contribution in [0.1, 0.15) is 12.0 Å². The third kappa shape index (κ3) is 27.5. The molecule has 0 bridgehead atoms. The summed E-state index contributed by atoms with van der Waals surface area (Å²) in [5, 5.41) is 0. The van der Waals surface area contributed by atoms with Crippen LogP contribution >= 0.6 is 11.8 Å². The van der Waals surface area contributed by atoms with Gasteiger partial charge in [-0.15, -0.1) is 0 Å². The zero-order valence-corrected chi connectivity index (χ0v) is 44.5. The Bertz CT molecular complexity index is 1660. The molecule has 73 heavy (non-hydrogen) atoms. The summed E-state index contributed by atoms with van der Waals surface area (Å²) in [6, 6.07) is 12.0. The molecule has 3 atom stereocenters. The number of piperazine rings is 1. The van der Waals surface area contributed by atoms with Crippen LogP contribution in [0.15, 0.2) is 52.3 Å². The normalized spacial score (nSPS) is 15.7. The molecule has 2 aliphatic heterocycles. The van der Waals surface area contributed by atoms with E-state index in [4.69, 9.17) is 71.1 Å². The van der Waals surface area contributed by atoms with Crippen molar-refractivity contribution < 1.29 is 84.2 Å². The minimum Gasteiger partial charge on any atom is -0.382 e. The SMILES string of the molecule is COCC(COCC(COCC(COCCOCCOCCOCCOCCOCCOCCOCCOCCN1CCN(CCCN2c3ccccc3Sc3ccc(C(F)(F)F)cc32)CC1)OC)OC)OC. The van der Waals surface area contributed by atoms with Crippen molar-refractivity contribution in [3.05, 3.63) is 48.0 Å². The van der Waals surface area contributed by atoms with E-state index in [0.29, 0.717) is 164 Å². The summed E-state index contributed by atoms with van der Waals surface area (Å²) in [4.78, 5) is 8.80. The molecule has 1 saturated heterocycles. The van der Waals surface area contributed by atoms with Gasteiger partial charge in [0.2, 0.25) is 0 Å².